The molecule has 0 saturated carbocycles. The Bertz CT molecular complexity index is 471. The maximum Gasteiger partial charge on any atom is 0.189 e. The van der Waals surface area contributed by atoms with Crippen LogP contribution in [-0.2, 0) is 17.9 Å². The van der Waals surface area contributed by atoms with Crippen molar-refractivity contribution in [1.29, 1.82) is 0 Å². The van der Waals surface area contributed by atoms with Crippen LogP contribution in [0.15, 0.2) is 54.6 Å². The number of ether oxygens (including phenoxy) is 2. The molecule has 0 aliphatic heterocycles. The Morgan fingerprint density at radius 1 is 0.889 bits per heavy atom. The zero-order valence-corrected chi connectivity index (χ0v) is 10.2. The van der Waals surface area contributed by atoms with Gasteiger partial charge >= 0.3 is 0 Å². The van der Waals surface area contributed by atoms with Gasteiger partial charge < -0.3 is 15.2 Å². The predicted molar refractivity (Wildman–Crippen MR) is 71.1 cm³/mol. The minimum absolute atomic E-state index is 0.228. The standard InChI is InChI=1S/C15H17NO2/c16-10-14-8-4-5-9-15(14)18-12-17-11-13-6-2-1-3-7-13/h1-9H,10-12,16H2. The van der Waals surface area contributed by atoms with E-state index in [1.54, 1.807) is 0 Å². The molecule has 3 nitrogen and oxygen atoms in total. The Hall–Kier alpha value is -1.84. The molecule has 2 aromatic carbocycles. The summed E-state index contributed by atoms with van der Waals surface area (Å²) in [6, 6.07) is 17.7. The molecule has 0 bridgehead atoms. The normalized spacial score (nSPS) is 10.3. The van der Waals surface area contributed by atoms with Crippen molar-refractivity contribution in [2.45, 2.75) is 13.2 Å². The first-order valence-corrected chi connectivity index (χ1v) is 5.92. The van der Waals surface area contributed by atoms with Crippen LogP contribution in [0.2, 0.25) is 0 Å². The summed E-state index contributed by atoms with van der Waals surface area (Å²) in [5.41, 5.74) is 7.74. The molecule has 0 atom stereocenters. The molecule has 0 spiro atoms. The van der Waals surface area contributed by atoms with Gasteiger partial charge in [0.2, 0.25) is 0 Å². The van der Waals surface area contributed by atoms with Crippen LogP contribution in [0, 0.1) is 0 Å². The van der Waals surface area contributed by atoms with E-state index >= 15 is 0 Å². The molecule has 0 amide bonds. The minimum atomic E-state index is 0.228. The van der Waals surface area contributed by atoms with E-state index in [-0.39, 0.29) is 6.79 Å². The van der Waals surface area contributed by atoms with Crippen molar-refractivity contribution in [3.8, 4) is 5.75 Å². The lowest BCUT2D eigenvalue weighted by Gasteiger charge is -2.10. The molecule has 2 aromatic rings. The van der Waals surface area contributed by atoms with Crippen LogP contribution in [0.4, 0.5) is 0 Å². The summed E-state index contributed by atoms with van der Waals surface area (Å²) < 4.78 is 11.0. The second-order valence-corrected chi connectivity index (χ2v) is 3.91. The van der Waals surface area contributed by atoms with Gasteiger partial charge in [-0.3, -0.25) is 0 Å². The molecule has 2 N–H and O–H groups in total. The number of benzene rings is 2. The molecule has 0 fully saturated rings. The number of rotatable bonds is 6. The molecular formula is C15H17NO2. The third-order valence-corrected chi connectivity index (χ3v) is 2.60. The summed E-state index contributed by atoms with van der Waals surface area (Å²) in [6.07, 6.45) is 0. The summed E-state index contributed by atoms with van der Waals surface area (Å²) in [5.74, 6) is 0.785. The largest absolute Gasteiger partial charge is 0.467 e. The number of para-hydroxylation sites is 1. The Morgan fingerprint density at radius 3 is 2.39 bits per heavy atom. The van der Waals surface area contributed by atoms with E-state index < -0.39 is 0 Å². The van der Waals surface area contributed by atoms with Gasteiger partial charge in [0.15, 0.2) is 6.79 Å². The van der Waals surface area contributed by atoms with Gasteiger partial charge in [0, 0.05) is 12.1 Å². The number of hydrogen-bond donors (Lipinski definition) is 1. The molecule has 3 heteroatoms. The fourth-order valence-corrected chi connectivity index (χ4v) is 1.65. The highest BCUT2D eigenvalue weighted by atomic mass is 16.7. The fraction of sp³-hybridized carbons (Fsp3) is 0.200. The van der Waals surface area contributed by atoms with Crippen LogP contribution in [-0.4, -0.2) is 6.79 Å². The second-order valence-electron chi connectivity index (χ2n) is 3.91. The zero-order valence-electron chi connectivity index (χ0n) is 10.2. The highest BCUT2D eigenvalue weighted by Crippen LogP contribution is 2.17. The summed E-state index contributed by atoms with van der Waals surface area (Å²) >= 11 is 0. The van der Waals surface area contributed by atoms with Crippen molar-refractivity contribution in [3.63, 3.8) is 0 Å². The van der Waals surface area contributed by atoms with Crippen LogP contribution in [0.5, 0.6) is 5.75 Å². The molecule has 0 radical (unpaired) electrons. The van der Waals surface area contributed by atoms with Crippen molar-refractivity contribution in [1.82, 2.24) is 0 Å². The van der Waals surface area contributed by atoms with Gasteiger partial charge in [0.05, 0.1) is 6.61 Å². The van der Waals surface area contributed by atoms with E-state index in [9.17, 15) is 0 Å². The van der Waals surface area contributed by atoms with Crippen LogP contribution < -0.4 is 10.5 Å². The van der Waals surface area contributed by atoms with Crippen molar-refractivity contribution < 1.29 is 9.47 Å². The smallest absolute Gasteiger partial charge is 0.189 e. The fourth-order valence-electron chi connectivity index (χ4n) is 1.65. The third-order valence-electron chi connectivity index (χ3n) is 2.60. The highest BCUT2D eigenvalue weighted by Gasteiger charge is 2.00. The molecule has 0 aliphatic carbocycles. The Labute approximate surface area is 107 Å². The van der Waals surface area contributed by atoms with Crippen LogP contribution in [0.25, 0.3) is 0 Å². The van der Waals surface area contributed by atoms with Gasteiger partial charge in [-0.25, -0.2) is 0 Å². The number of nitrogens with two attached hydrogens (primary N) is 1. The van der Waals surface area contributed by atoms with E-state index in [1.807, 2.05) is 54.6 Å². The van der Waals surface area contributed by atoms with Gasteiger partial charge in [-0.2, -0.15) is 0 Å². The van der Waals surface area contributed by atoms with Crippen LogP contribution in [0.1, 0.15) is 11.1 Å². The maximum atomic E-state index is 5.63. The molecule has 18 heavy (non-hydrogen) atoms. The molecule has 0 heterocycles. The van der Waals surface area contributed by atoms with Gasteiger partial charge in [-0.15, -0.1) is 0 Å². The summed E-state index contributed by atoms with van der Waals surface area (Å²) in [7, 11) is 0. The average Bonchev–Trinajstić information content (AvgIpc) is 2.45. The van der Waals surface area contributed by atoms with E-state index in [0.717, 1.165) is 16.9 Å². The van der Waals surface area contributed by atoms with Crippen molar-refractivity contribution in [3.05, 3.63) is 65.7 Å². The summed E-state index contributed by atoms with van der Waals surface area (Å²) in [5, 5.41) is 0. The average molecular weight is 243 g/mol. The SMILES string of the molecule is NCc1ccccc1OCOCc1ccccc1. The summed E-state index contributed by atoms with van der Waals surface area (Å²) in [4.78, 5) is 0. The van der Waals surface area contributed by atoms with Gasteiger partial charge in [0.1, 0.15) is 5.75 Å². The topological polar surface area (TPSA) is 44.5 Å². The quantitative estimate of drug-likeness (QED) is 0.626. The van der Waals surface area contributed by atoms with Crippen molar-refractivity contribution in [2.75, 3.05) is 6.79 Å². The van der Waals surface area contributed by atoms with Gasteiger partial charge in [-0.05, 0) is 11.6 Å². The number of hydrogen-bond acceptors (Lipinski definition) is 3. The lowest BCUT2D eigenvalue weighted by atomic mass is 10.2. The lowest BCUT2D eigenvalue weighted by Crippen LogP contribution is -2.06. The molecular weight excluding hydrogens is 226 g/mol. The van der Waals surface area contributed by atoms with Crippen molar-refractivity contribution >= 4 is 0 Å². The molecule has 94 valence electrons. The van der Waals surface area contributed by atoms with E-state index in [1.165, 1.54) is 0 Å². The van der Waals surface area contributed by atoms with Gasteiger partial charge in [0.25, 0.3) is 0 Å². The van der Waals surface area contributed by atoms with Crippen molar-refractivity contribution in [2.24, 2.45) is 5.73 Å². The molecule has 0 unspecified atom stereocenters. The first-order chi connectivity index (χ1) is 8.90. The monoisotopic (exact) mass is 243 g/mol. The summed E-state index contributed by atoms with van der Waals surface area (Å²) in [6.45, 7) is 1.24. The Balaban J connectivity index is 1.78. The molecule has 0 aromatic heterocycles. The van der Waals surface area contributed by atoms with E-state index in [0.29, 0.717) is 13.2 Å². The first kappa shape index (κ1) is 12.6. The lowest BCUT2D eigenvalue weighted by molar-refractivity contribution is 0.00455. The van der Waals surface area contributed by atoms with Gasteiger partial charge in [-0.1, -0.05) is 48.5 Å². The first-order valence-electron chi connectivity index (χ1n) is 5.92. The predicted octanol–water partition coefficient (Wildman–Crippen LogP) is 2.70. The zero-order chi connectivity index (χ0) is 12.6. The van der Waals surface area contributed by atoms with Crippen LogP contribution in [0.3, 0.4) is 0 Å². The van der Waals surface area contributed by atoms with E-state index in [2.05, 4.69) is 0 Å². The second kappa shape index (κ2) is 6.79. The van der Waals surface area contributed by atoms with Crippen LogP contribution >= 0.6 is 0 Å². The minimum Gasteiger partial charge on any atom is -0.467 e. The molecule has 0 saturated heterocycles. The third kappa shape index (κ3) is 3.58. The Morgan fingerprint density at radius 2 is 1.61 bits per heavy atom. The van der Waals surface area contributed by atoms with E-state index in [4.69, 9.17) is 15.2 Å². The Kier molecular flexibility index (Phi) is 4.76. The maximum absolute atomic E-state index is 5.63. The molecule has 2 rings (SSSR count). The highest BCUT2D eigenvalue weighted by molar-refractivity contribution is 5.32. The molecule has 0 aliphatic rings.